The molecular weight excluding hydrogens is 200 g/mol. The number of aliphatic hydroxyl groups excluding tert-OH is 1. The van der Waals surface area contributed by atoms with Crippen LogP contribution in [0.25, 0.3) is 0 Å². The molecule has 0 spiro atoms. The molecule has 2 atom stereocenters. The topological polar surface area (TPSA) is 35.8 Å². The zero-order valence-electron chi connectivity index (χ0n) is 11.3. The number of allylic oxidation sites excluding steroid dienone is 1. The first kappa shape index (κ1) is 15.2. The largest absolute Gasteiger partial charge is 0.393 e. The SMILES string of the molecule is CC/C=C\C(=NC)N(C)CCC(C)C(C)O. The van der Waals surface area contributed by atoms with E-state index >= 15 is 0 Å². The molecule has 0 aliphatic rings. The number of rotatable bonds is 6. The molecule has 2 unspecified atom stereocenters. The number of nitrogens with zero attached hydrogens (tertiary/aromatic N) is 2. The van der Waals surface area contributed by atoms with E-state index < -0.39 is 0 Å². The molecule has 1 N–H and O–H groups in total. The molecule has 0 aromatic heterocycles. The zero-order chi connectivity index (χ0) is 12.6. The van der Waals surface area contributed by atoms with Gasteiger partial charge in [-0.3, -0.25) is 4.99 Å². The Hall–Kier alpha value is -0.830. The maximum Gasteiger partial charge on any atom is 0.122 e. The van der Waals surface area contributed by atoms with Gasteiger partial charge in [0.2, 0.25) is 0 Å². The van der Waals surface area contributed by atoms with Crippen molar-refractivity contribution in [2.45, 2.75) is 39.7 Å². The summed E-state index contributed by atoms with van der Waals surface area (Å²) in [7, 11) is 3.85. The van der Waals surface area contributed by atoms with E-state index in [1.807, 2.05) is 27.1 Å². The van der Waals surface area contributed by atoms with Crippen LogP contribution in [0.5, 0.6) is 0 Å². The lowest BCUT2D eigenvalue weighted by Crippen LogP contribution is -2.29. The number of likely N-dealkylation sites (N-methyl/N-ethyl adjacent to an activating group) is 1. The second-order valence-electron chi connectivity index (χ2n) is 4.32. The minimum atomic E-state index is -0.235. The van der Waals surface area contributed by atoms with Crippen LogP contribution in [0.1, 0.15) is 33.6 Å². The summed E-state index contributed by atoms with van der Waals surface area (Å²) in [6.45, 7) is 6.95. The van der Waals surface area contributed by atoms with Gasteiger partial charge in [-0.1, -0.05) is 19.9 Å². The summed E-state index contributed by atoms with van der Waals surface area (Å²) in [6, 6.07) is 0. The number of aliphatic hydroxyl groups is 1. The Bertz CT molecular complexity index is 234. The zero-order valence-corrected chi connectivity index (χ0v) is 11.3. The van der Waals surface area contributed by atoms with E-state index in [1.165, 1.54) is 0 Å². The first-order valence-corrected chi connectivity index (χ1v) is 6.05. The number of hydrogen-bond acceptors (Lipinski definition) is 2. The van der Waals surface area contributed by atoms with Gasteiger partial charge in [-0.2, -0.15) is 0 Å². The summed E-state index contributed by atoms with van der Waals surface area (Å²) in [5.74, 6) is 1.33. The standard InChI is InChI=1S/C13H26N2O/c1-6-7-8-13(14-4)15(5)10-9-11(2)12(3)16/h7-8,11-12,16H,6,9-10H2,1-5H3/b8-7-,14-13?. The quantitative estimate of drug-likeness (QED) is 0.557. The van der Waals surface area contributed by atoms with Crippen molar-refractivity contribution in [1.29, 1.82) is 0 Å². The molecule has 0 saturated heterocycles. The highest BCUT2D eigenvalue weighted by Crippen LogP contribution is 2.08. The second kappa shape index (κ2) is 8.34. The summed E-state index contributed by atoms with van der Waals surface area (Å²) in [5, 5.41) is 9.41. The van der Waals surface area contributed by atoms with E-state index in [1.54, 1.807) is 0 Å². The molecule has 0 aliphatic heterocycles. The summed E-state index contributed by atoms with van der Waals surface area (Å²) in [5.41, 5.74) is 0. The lowest BCUT2D eigenvalue weighted by atomic mass is 10.0. The molecule has 94 valence electrons. The van der Waals surface area contributed by atoms with Gasteiger partial charge < -0.3 is 10.0 Å². The minimum Gasteiger partial charge on any atom is -0.393 e. The number of aliphatic imine (C=N–C) groups is 1. The molecule has 0 aliphatic carbocycles. The Morgan fingerprint density at radius 2 is 2.06 bits per heavy atom. The van der Waals surface area contributed by atoms with Crippen LogP contribution in [-0.4, -0.2) is 42.6 Å². The van der Waals surface area contributed by atoms with Crippen LogP contribution in [0.15, 0.2) is 17.1 Å². The third-order valence-electron chi connectivity index (χ3n) is 2.87. The Labute approximate surface area is 99.9 Å². The van der Waals surface area contributed by atoms with E-state index in [9.17, 15) is 5.11 Å². The highest BCUT2D eigenvalue weighted by molar-refractivity contribution is 5.92. The van der Waals surface area contributed by atoms with Crippen molar-refractivity contribution in [2.75, 3.05) is 20.6 Å². The molecule has 0 aromatic rings. The van der Waals surface area contributed by atoms with Crippen LogP contribution in [0.2, 0.25) is 0 Å². The van der Waals surface area contributed by atoms with E-state index in [0.29, 0.717) is 5.92 Å². The summed E-state index contributed by atoms with van der Waals surface area (Å²) in [6.07, 6.45) is 5.93. The Balaban J connectivity index is 4.13. The molecule has 0 rings (SSSR count). The van der Waals surface area contributed by atoms with E-state index in [4.69, 9.17) is 0 Å². The summed E-state index contributed by atoms with van der Waals surface area (Å²) in [4.78, 5) is 6.37. The predicted molar refractivity (Wildman–Crippen MR) is 70.9 cm³/mol. The first-order chi connectivity index (χ1) is 7.52. The van der Waals surface area contributed by atoms with Crippen LogP contribution in [0.4, 0.5) is 0 Å². The van der Waals surface area contributed by atoms with Crippen LogP contribution >= 0.6 is 0 Å². The molecule has 3 nitrogen and oxygen atoms in total. The first-order valence-electron chi connectivity index (χ1n) is 6.05. The highest BCUT2D eigenvalue weighted by Gasteiger charge is 2.10. The Morgan fingerprint density at radius 3 is 2.50 bits per heavy atom. The Morgan fingerprint density at radius 1 is 1.44 bits per heavy atom. The Kier molecular flexibility index (Phi) is 7.90. The van der Waals surface area contributed by atoms with Gasteiger partial charge >= 0.3 is 0 Å². The second-order valence-corrected chi connectivity index (χ2v) is 4.32. The molecule has 0 saturated carbocycles. The maximum atomic E-state index is 9.41. The number of hydrogen-bond donors (Lipinski definition) is 1. The minimum absolute atomic E-state index is 0.235. The van der Waals surface area contributed by atoms with Gasteiger partial charge in [-0.25, -0.2) is 0 Å². The van der Waals surface area contributed by atoms with Crippen molar-refractivity contribution in [3.63, 3.8) is 0 Å². The van der Waals surface area contributed by atoms with Crippen molar-refractivity contribution >= 4 is 5.84 Å². The monoisotopic (exact) mass is 226 g/mol. The van der Waals surface area contributed by atoms with Crippen molar-refractivity contribution in [3.8, 4) is 0 Å². The van der Waals surface area contributed by atoms with Gasteiger partial charge in [0, 0.05) is 20.6 Å². The lowest BCUT2D eigenvalue weighted by molar-refractivity contribution is 0.127. The van der Waals surface area contributed by atoms with E-state index in [-0.39, 0.29) is 6.10 Å². The maximum absolute atomic E-state index is 9.41. The van der Waals surface area contributed by atoms with Gasteiger partial charge in [0.1, 0.15) is 5.84 Å². The summed E-state index contributed by atoms with van der Waals surface area (Å²) >= 11 is 0. The molecule has 0 radical (unpaired) electrons. The predicted octanol–water partition coefficient (Wildman–Crippen LogP) is 2.32. The fourth-order valence-electron chi connectivity index (χ4n) is 1.35. The fraction of sp³-hybridized carbons (Fsp3) is 0.769. The molecule has 0 bridgehead atoms. The van der Waals surface area contributed by atoms with Gasteiger partial charge in [-0.05, 0) is 31.8 Å². The van der Waals surface area contributed by atoms with Crippen LogP contribution in [-0.2, 0) is 0 Å². The molecular formula is C13H26N2O. The lowest BCUT2D eigenvalue weighted by Gasteiger charge is -2.22. The molecule has 0 heterocycles. The smallest absolute Gasteiger partial charge is 0.122 e. The third-order valence-corrected chi connectivity index (χ3v) is 2.87. The van der Waals surface area contributed by atoms with Crippen LogP contribution in [0, 0.1) is 5.92 Å². The van der Waals surface area contributed by atoms with Gasteiger partial charge in [-0.15, -0.1) is 0 Å². The average Bonchev–Trinajstić information content (AvgIpc) is 2.26. The molecule has 0 aromatic carbocycles. The third kappa shape index (κ3) is 5.91. The molecule has 3 heteroatoms. The molecule has 0 amide bonds. The van der Waals surface area contributed by atoms with Crippen LogP contribution < -0.4 is 0 Å². The van der Waals surface area contributed by atoms with Crippen LogP contribution in [0.3, 0.4) is 0 Å². The normalized spacial score (nSPS) is 16.5. The highest BCUT2D eigenvalue weighted by atomic mass is 16.3. The van der Waals surface area contributed by atoms with Crippen molar-refractivity contribution in [1.82, 2.24) is 4.90 Å². The summed E-state index contributed by atoms with van der Waals surface area (Å²) < 4.78 is 0. The van der Waals surface area contributed by atoms with Crippen molar-refractivity contribution < 1.29 is 5.11 Å². The molecule has 16 heavy (non-hydrogen) atoms. The van der Waals surface area contributed by atoms with Gasteiger partial charge in [0.15, 0.2) is 0 Å². The van der Waals surface area contributed by atoms with Gasteiger partial charge in [0.05, 0.1) is 6.10 Å². The number of amidine groups is 1. The average molecular weight is 226 g/mol. The molecule has 0 fully saturated rings. The fourth-order valence-corrected chi connectivity index (χ4v) is 1.35. The van der Waals surface area contributed by atoms with Crippen molar-refractivity contribution in [2.24, 2.45) is 10.9 Å². The van der Waals surface area contributed by atoms with Gasteiger partial charge in [0.25, 0.3) is 0 Å². The van der Waals surface area contributed by atoms with E-state index in [2.05, 4.69) is 29.8 Å². The van der Waals surface area contributed by atoms with E-state index in [0.717, 1.165) is 25.2 Å². The van der Waals surface area contributed by atoms with Crippen molar-refractivity contribution in [3.05, 3.63) is 12.2 Å².